The highest BCUT2D eigenvalue weighted by molar-refractivity contribution is 5.84. The first-order valence-electron chi connectivity index (χ1n) is 8.86. The highest BCUT2D eigenvalue weighted by Gasteiger charge is 2.16. The van der Waals surface area contributed by atoms with E-state index in [1.165, 1.54) is 6.07 Å². The molecule has 7 nitrogen and oxygen atoms in total. The van der Waals surface area contributed by atoms with Crippen LogP contribution in [0.5, 0.6) is 6.01 Å². The summed E-state index contributed by atoms with van der Waals surface area (Å²) in [4.78, 5) is 36.1. The van der Waals surface area contributed by atoms with Crippen molar-refractivity contribution >= 4 is 16.8 Å². The van der Waals surface area contributed by atoms with Crippen LogP contribution in [0.25, 0.3) is 11.1 Å². The molecule has 1 aliphatic carbocycles. The smallest absolute Gasteiger partial charge is 0.337 e. The number of rotatable bonds is 5. The Bertz CT molecular complexity index is 887. The Balaban J connectivity index is 1.90. The van der Waals surface area contributed by atoms with Crippen LogP contribution in [0.1, 0.15) is 57.9 Å². The minimum atomic E-state index is -0.518. The van der Waals surface area contributed by atoms with Crippen molar-refractivity contribution in [3.8, 4) is 6.01 Å². The van der Waals surface area contributed by atoms with Crippen LogP contribution >= 0.6 is 0 Å². The molecule has 134 valence electrons. The van der Waals surface area contributed by atoms with Gasteiger partial charge < -0.3 is 9.25 Å². The molecule has 1 N–H and O–H groups in total. The third kappa shape index (κ3) is 4.15. The maximum absolute atomic E-state index is 12.4. The highest BCUT2D eigenvalue weighted by Crippen LogP contribution is 2.22. The summed E-state index contributed by atoms with van der Waals surface area (Å²) in [6.07, 6.45) is 6.40. The number of hydrogen-bond donors (Lipinski definition) is 1. The normalized spacial score (nSPS) is 17.7. The molecule has 2 aromatic heterocycles. The fourth-order valence-corrected chi connectivity index (χ4v) is 3.03. The second-order valence-electron chi connectivity index (χ2n) is 6.68. The lowest BCUT2D eigenvalue weighted by atomic mass is 9.90. The van der Waals surface area contributed by atoms with Crippen LogP contribution < -0.4 is 16.0 Å². The van der Waals surface area contributed by atoms with Gasteiger partial charge in [0.15, 0.2) is 0 Å². The standard InChI is InChI=1S/C18H23N3O4/c1-3-4-5-12-10-14(22)24-17-15(12)16(23)19-18(20-17)25-21-13-8-6-11(2)7-9-13/h10-11H,3-9H2,1-2H3,(H,19,20,23). The maximum Gasteiger partial charge on any atom is 0.337 e. The van der Waals surface area contributed by atoms with Gasteiger partial charge in [-0.1, -0.05) is 25.4 Å². The van der Waals surface area contributed by atoms with Gasteiger partial charge in [-0.15, -0.1) is 0 Å². The largest absolute Gasteiger partial charge is 0.403 e. The lowest BCUT2D eigenvalue weighted by Crippen LogP contribution is -2.16. The third-order valence-electron chi connectivity index (χ3n) is 4.59. The van der Waals surface area contributed by atoms with Crippen LogP contribution in [0.2, 0.25) is 0 Å². The van der Waals surface area contributed by atoms with E-state index in [0.717, 1.165) is 44.2 Å². The van der Waals surface area contributed by atoms with E-state index in [4.69, 9.17) is 9.25 Å². The van der Waals surface area contributed by atoms with Gasteiger partial charge in [-0.25, -0.2) is 4.79 Å². The van der Waals surface area contributed by atoms with Crippen LogP contribution in [0.15, 0.2) is 25.2 Å². The number of aromatic amines is 1. The first kappa shape index (κ1) is 17.4. The summed E-state index contributed by atoms with van der Waals surface area (Å²) >= 11 is 0. The van der Waals surface area contributed by atoms with Gasteiger partial charge in [0, 0.05) is 6.07 Å². The number of H-pyrrole nitrogens is 1. The van der Waals surface area contributed by atoms with Crippen molar-refractivity contribution in [2.24, 2.45) is 11.1 Å². The lowest BCUT2D eigenvalue weighted by Gasteiger charge is -2.18. The quantitative estimate of drug-likeness (QED) is 0.839. The van der Waals surface area contributed by atoms with E-state index in [1.54, 1.807) is 0 Å². The van der Waals surface area contributed by atoms with Crippen LogP contribution in [0.3, 0.4) is 0 Å². The molecule has 0 spiro atoms. The molecule has 1 fully saturated rings. The van der Waals surface area contributed by atoms with Gasteiger partial charge in [-0.2, -0.15) is 4.98 Å². The van der Waals surface area contributed by atoms with Crippen molar-refractivity contribution < 1.29 is 9.25 Å². The Morgan fingerprint density at radius 2 is 2.12 bits per heavy atom. The molecule has 0 bridgehead atoms. The number of nitrogens with zero attached hydrogens (tertiary/aromatic N) is 2. The molecular weight excluding hydrogens is 322 g/mol. The minimum Gasteiger partial charge on any atom is -0.403 e. The van der Waals surface area contributed by atoms with Crippen molar-refractivity contribution in [2.75, 3.05) is 0 Å². The van der Waals surface area contributed by atoms with E-state index in [2.05, 4.69) is 22.0 Å². The van der Waals surface area contributed by atoms with Gasteiger partial charge in [-0.3, -0.25) is 9.78 Å². The van der Waals surface area contributed by atoms with E-state index in [-0.39, 0.29) is 17.3 Å². The fraction of sp³-hybridized carbons (Fsp3) is 0.556. The summed E-state index contributed by atoms with van der Waals surface area (Å²) in [6.45, 7) is 4.27. The minimum absolute atomic E-state index is 0.00480. The number of unbranched alkanes of at least 4 members (excludes halogenated alkanes) is 1. The summed E-state index contributed by atoms with van der Waals surface area (Å²) in [7, 11) is 0. The van der Waals surface area contributed by atoms with Gasteiger partial charge in [0.25, 0.3) is 5.56 Å². The molecule has 0 radical (unpaired) electrons. The molecule has 0 saturated heterocycles. The van der Waals surface area contributed by atoms with E-state index >= 15 is 0 Å². The fourth-order valence-electron chi connectivity index (χ4n) is 3.03. The van der Waals surface area contributed by atoms with Gasteiger partial charge in [0.1, 0.15) is 5.39 Å². The van der Waals surface area contributed by atoms with Crippen molar-refractivity contribution in [2.45, 2.75) is 58.8 Å². The molecule has 1 saturated carbocycles. The molecule has 0 aromatic carbocycles. The average Bonchev–Trinajstić information content (AvgIpc) is 2.58. The molecule has 2 aromatic rings. The molecule has 25 heavy (non-hydrogen) atoms. The van der Waals surface area contributed by atoms with Crippen molar-refractivity contribution in [3.63, 3.8) is 0 Å². The molecule has 0 unspecified atom stereocenters. The second-order valence-corrected chi connectivity index (χ2v) is 6.68. The number of aromatic nitrogens is 2. The topological polar surface area (TPSA) is 97.5 Å². The van der Waals surface area contributed by atoms with E-state index in [9.17, 15) is 9.59 Å². The number of hydrogen-bond acceptors (Lipinski definition) is 6. The van der Waals surface area contributed by atoms with Crippen LogP contribution in [-0.2, 0) is 6.42 Å². The van der Waals surface area contributed by atoms with Gasteiger partial charge in [-0.05, 0) is 50.0 Å². The predicted molar refractivity (Wildman–Crippen MR) is 95.2 cm³/mol. The lowest BCUT2D eigenvalue weighted by molar-refractivity contribution is 0.305. The first-order valence-corrected chi connectivity index (χ1v) is 8.86. The molecule has 3 rings (SSSR count). The second kappa shape index (κ2) is 7.63. The molecule has 2 heterocycles. The van der Waals surface area contributed by atoms with Gasteiger partial charge in [0.05, 0.1) is 5.71 Å². The van der Waals surface area contributed by atoms with Crippen molar-refractivity contribution in [1.29, 1.82) is 0 Å². The monoisotopic (exact) mass is 345 g/mol. The third-order valence-corrected chi connectivity index (χ3v) is 4.59. The number of fused-ring (bicyclic) bond motifs is 1. The number of nitrogens with one attached hydrogen (secondary N) is 1. The first-order chi connectivity index (χ1) is 12.1. The average molecular weight is 345 g/mol. The van der Waals surface area contributed by atoms with Gasteiger partial charge >= 0.3 is 11.6 Å². The Hall–Kier alpha value is -2.44. The molecule has 7 heteroatoms. The maximum atomic E-state index is 12.4. The Kier molecular flexibility index (Phi) is 5.31. The number of oxime groups is 1. The van der Waals surface area contributed by atoms with Crippen LogP contribution in [0, 0.1) is 5.92 Å². The molecule has 0 atom stereocenters. The Morgan fingerprint density at radius 3 is 2.84 bits per heavy atom. The zero-order chi connectivity index (χ0) is 17.8. The molecule has 0 amide bonds. The number of aryl methyl sites for hydroxylation is 1. The van der Waals surface area contributed by atoms with E-state index in [0.29, 0.717) is 23.3 Å². The van der Waals surface area contributed by atoms with Crippen molar-refractivity contribution in [3.05, 3.63) is 32.4 Å². The summed E-state index contributed by atoms with van der Waals surface area (Å²) in [6, 6.07) is 1.30. The Labute approximate surface area is 145 Å². The zero-order valence-electron chi connectivity index (χ0n) is 14.6. The molecule has 0 aliphatic heterocycles. The molecular formula is C18H23N3O4. The van der Waals surface area contributed by atoms with Crippen LogP contribution in [0.4, 0.5) is 0 Å². The SMILES string of the molecule is CCCCc1cc(=O)oc2nc(ON=C3CCC(C)CC3)[nH]c(=O)c12. The summed E-state index contributed by atoms with van der Waals surface area (Å²) in [5.41, 5.74) is 0.706. The van der Waals surface area contributed by atoms with Crippen LogP contribution in [-0.4, -0.2) is 15.7 Å². The summed E-state index contributed by atoms with van der Waals surface area (Å²) in [5, 5.41) is 4.40. The van der Waals surface area contributed by atoms with E-state index in [1.807, 2.05) is 6.92 Å². The molecule has 1 aliphatic rings. The zero-order valence-corrected chi connectivity index (χ0v) is 14.6. The van der Waals surface area contributed by atoms with Gasteiger partial charge in [0.2, 0.25) is 5.71 Å². The van der Waals surface area contributed by atoms with E-state index < -0.39 is 5.63 Å². The van der Waals surface area contributed by atoms with Crippen molar-refractivity contribution in [1.82, 2.24) is 9.97 Å². The summed E-state index contributed by atoms with van der Waals surface area (Å²) in [5.74, 6) is 0.702. The highest BCUT2D eigenvalue weighted by atomic mass is 16.6. The predicted octanol–water partition coefficient (Wildman–Crippen LogP) is 3.16. The Morgan fingerprint density at radius 1 is 1.36 bits per heavy atom. The summed E-state index contributed by atoms with van der Waals surface area (Å²) < 4.78 is 5.09.